The molecule has 0 bridgehead atoms. The van der Waals surface area contributed by atoms with E-state index in [0.717, 1.165) is 0 Å². The maximum Gasteiger partial charge on any atom is 0.323 e. The van der Waals surface area contributed by atoms with Crippen molar-refractivity contribution < 1.29 is 57.9 Å². The average molecular weight is 537 g/mol. The summed E-state index contributed by atoms with van der Waals surface area (Å²) in [5.41, 5.74) is 5.72. The molecule has 2 rings (SSSR count). The fourth-order valence-electron chi connectivity index (χ4n) is 3.70. The second kappa shape index (κ2) is 14.4. The molecule has 0 saturated carbocycles. The van der Waals surface area contributed by atoms with E-state index in [1.165, 1.54) is 0 Å². The molecule has 2 aliphatic rings. The number of rotatable bonds is 16. The number of ether oxygens (including phenoxy) is 5. The van der Waals surface area contributed by atoms with E-state index in [1.807, 2.05) is 0 Å². The van der Waals surface area contributed by atoms with Crippen LogP contribution in [0.25, 0.3) is 0 Å². The number of fused-ring (bicyclic) bond motifs is 1. The van der Waals surface area contributed by atoms with Crippen LogP contribution in [-0.2, 0) is 47.7 Å². The van der Waals surface area contributed by atoms with Crippen molar-refractivity contribution in [3.05, 3.63) is 20.2 Å². The van der Waals surface area contributed by atoms with Crippen molar-refractivity contribution in [1.82, 2.24) is 0 Å². The molecule has 6 atom stereocenters. The highest BCUT2D eigenvalue weighted by Gasteiger charge is 2.51. The highest BCUT2D eigenvalue weighted by molar-refractivity contribution is 5.77. The molecule has 0 aromatic rings. The van der Waals surface area contributed by atoms with Crippen molar-refractivity contribution in [3.8, 4) is 0 Å². The molecule has 37 heavy (non-hydrogen) atoms. The van der Waals surface area contributed by atoms with Gasteiger partial charge in [0.15, 0.2) is 12.2 Å². The molecular formula is C20H31N3O14. The van der Waals surface area contributed by atoms with Crippen molar-refractivity contribution >= 4 is 17.9 Å². The van der Waals surface area contributed by atoms with Crippen LogP contribution in [0.4, 0.5) is 0 Å². The summed E-state index contributed by atoms with van der Waals surface area (Å²) in [6, 6.07) is -0.962. The third-order valence-electron chi connectivity index (χ3n) is 5.35. The molecular weight excluding hydrogens is 506 g/mol. The molecule has 2 N–H and O–H groups in total. The Hall–Kier alpha value is -3.31. The Labute approximate surface area is 210 Å². The molecule has 210 valence electrons. The van der Waals surface area contributed by atoms with E-state index in [-0.39, 0.29) is 51.4 Å². The van der Waals surface area contributed by atoms with Crippen LogP contribution < -0.4 is 5.73 Å². The lowest BCUT2D eigenvalue weighted by Crippen LogP contribution is -2.37. The van der Waals surface area contributed by atoms with E-state index in [4.69, 9.17) is 29.4 Å². The third-order valence-corrected chi connectivity index (χ3v) is 5.35. The molecule has 2 aliphatic heterocycles. The van der Waals surface area contributed by atoms with Crippen LogP contribution in [0.1, 0.15) is 46.0 Å². The predicted molar refractivity (Wildman–Crippen MR) is 116 cm³/mol. The monoisotopic (exact) mass is 537 g/mol. The summed E-state index contributed by atoms with van der Waals surface area (Å²) in [6.45, 7) is 2.73. The summed E-state index contributed by atoms with van der Waals surface area (Å²) < 4.78 is 26.9. The Morgan fingerprint density at radius 3 is 2.03 bits per heavy atom. The molecule has 2 heterocycles. The number of hydrogen-bond acceptors (Lipinski definition) is 15. The number of nitrogens with zero attached hydrogens (tertiary/aromatic N) is 2. The van der Waals surface area contributed by atoms with Gasteiger partial charge in [0.1, 0.15) is 31.0 Å². The van der Waals surface area contributed by atoms with Crippen LogP contribution in [-0.4, -0.2) is 90.6 Å². The second-order valence-electron chi connectivity index (χ2n) is 8.65. The molecule has 0 aromatic heterocycles. The Bertz CT molecular complexity index is 824. The van der Waals surface area contributed by atoms with E-state index >= 15 is 0 Å². The lowest BCUT2D eigenvalue weighted by Gasteiger charge is -2.18. The first kappa shape index (κ1) is 29.9. The first-order valence-corrected chi connectivity index (χ1v) is 11.6. The zero-order valence-corrected chi connectivity index (χ0v) is 20.4. The second-order valence-corrected chi connectivity index (χ2v) is 8.65. The number of esters is 3. The van der Waals surface area contributed by atoms with Crippen LogP contribution in [0.3, 0.4) is 0 Å². The lowest BCUT2D eigenvalue weighted by atomic mass is 10.1. The molecule has 0 aliphatic carbocycles. The highest BCUT2D eigenvalue weighted by atomic mass is 17.0. The molecule has 2 saturated heterocycles. The smallest absolute Gasteiger partial charge is 0.323 e. The molecule has 0 aromatic carbocycles. The normalized spacial score (nSPS) is 24.0. The summed E-state index contributed by atoms with van der Waals surface area (Å²) in [5.74, 6) is -1.85. The summed E-state index contributed by atoms with van der Waals surface area (Å²) in [4.78, 5) is 65.3. The third kappa shape index (κ3) is 10.3. The van der Waals surface area contributed by atoms with Gasteiger partial charge in [-0.15, -0.1) is 20.2 Å². The molecule has 17 nitrogen and oxygen atoms in total. The van der Waals surface area contributed by atoms with E-state index in [1.54, 1.807) is 13.8 Å². The van der Waals surface area contributed by atoms with Gasteiger partial charge in [-0.1, -0.05) is 0 Å². The van der Waals surface area contributed by atoms with Gasteiger partial charge in [0.2, 0.25) is 0 Å². The largest absolute Gasteiger partial charge is 0.462 e. The van der Waals surface area contributed by atoms with Crippen LogP contribution in [0.2, 0.25) is 0 Å². The topological polar surface area (TPSA) is 228 Å². The quantitative estimate of drug-likeness (QED) is 0.114. The molecule has 0 radical (unpaired) electrons. The summed E-state index contributed by atoms with van der Waals surface area (Å²) in [7, 11) is 0. The fraction of sp³-hybridized carbons (Fsp3) is 0.850. The van der Waals surface area contributed by atoms with Crippen LogP contribution in [0.15, 0.2) is 0 Å². The summed E-state index contributed by atoms with van der Waals surface area (Å²) in [6.07, 6.45) is -4.58. The lowest BCUT2D eigenvalue weighted by molar-refractivity contribution is -0.790. The minimum atomic E-state index is -1.23. The standard InChI is InChI=1S/C20H31N3O14/c1-11(2)34-20(26)13(21)6-7-17(25)36-15-10-32-18-14(9-31-19(15)18)35-16(24)5-3-4-12(37-23(29)30)8-33-22(27)28/h11-15,18-19H,3-10,21H2,1-2H3/t12?,13?,14-,15-,18-,19-/m1/s1. The SMILES string of the molecule is CC(C)OC(=O)C(N)CCC(=O)O[C@@H]1CO[C@H]2[C@@H]1OC[C@H]2OC(=O)CCCC(CO[N+](=O)[O-])O[N+](=O)[O-]. The average Bonchev–Trinajstić information content (AvgIpc) is 3.38. The first-order chi connectivity index (χ1) is 17.5. The van der Waals surface area contributed by atoms with Gasteiger partial charge in [0, 0.05) is 12.8 Å². The van der Waals surface area contributed by atoms with Gasteiger partial charge in [0.25, 0.3) is 10.2 Å². The maximum absolute atomic E-state index is 12.2. The molecule has 0 spiro atoms. The van der Waals surface area contributed by atoms with Crippen LogP contribution in [0.5, 0.6) is 0 Å². The molecule has 0 amide bonds. The first-order valence-electron chi connectivity index (χ1n) is 11.6. The van der Waals surface area contributed by atoms with Crippen molar-refractivity contribution in [1.29, 1.82) is 0 Å². The van der Waals surface area contributed by atoms with Crippen molar-refractivity contribution in [2.75, 3.05) is 19.8 Å². The zero-order chi connectivity index (χ0) is 27.5. The number of carbonyl (C=O) groups excluding carboxylic acids is 3. The number of carbonyl (C=O) groups is 3. The van der Waals surface area contributed by atoms with Gasteiger partial charge >= 0.3 is 17.9 Å². The van der Waals surface area contributed by atoms with Crippen LogP contribution >= 0.6 is 0 Å². The van der Waals surface area contributed by atoms with Gasteiger partial charge in [-0.25, -0.2) is 0 Å². The highest BCUT2D eigenvalue weighted by Crippen LogP contribution is 2.31. The Morgan fingerprint density at radius 2 is 1.51 bits per heavy atom. The maximum atomic E-state index is 12.2. The predicted octanol–water partition coefficient (Wildman–Crippen LogP) is -0.378. The summed E-state index contributed by atoms with van der Waals surface area (Å²) >= 11 is 0. The van der Waals surface area contributed by atoms with Gasteiger partial charge in [-0.05, 0) is 33.1 Å². The van der Waals surface area contributed by atoms with Crippen molar-refractivity contribution in [2.24, 2.45) is 5.73 Å². The van der Waals surface area contributed by atoms with E-state index in [2.05, 4.69) is 9.68 Å². The molecule has 17 heteroatoms. The van der Waals surface area contributed by atoms with Crippen molar-refractivity contribution in [2.45, 2.75) is 88.6 Å². The minimum absolute atomic E-state index is 0.00474. The summed E-state index contributed by atoms with van der Waals surface area (Å²) in [5, 5.41) is 18.6. The molecule has 2 fully saturated rings. The van der Waals surface area contributed by atoms with Crippen molar-refractivity contribution in [3.63, 3.8) is 0 Å². The zero-order valence-electron chi connectivity index (χ0n) is 20.4. The molecule has 2 unspecified atom stereocenters. The Morgan fingerprint density at radius 1 is 0.946 bits per heavy atom. The van der Waals surface area contributed by atoms with E-state index in [9.17, 15) is 34.6 Å². The number of nitrogens with two attached hydrogens (primary N) is 1. The number of hydrogen-bond donors (Lipinski definition) is 1. The van der Waals surface area contributed by atoms with Gasteiger partial charge in [-0.3, -0.25) is 14.4 Å². The van der Waals surface area contributed by atoms with Crippen LogP contribution in [0, 0.1) is 20.2 Å². The fourth-order valence-corrected chi connectivity index (χ4v) is 3.70. The van der Waals surface area contributed by atoms with Gasteiger partial charge in [0.05, 0.1) is 19.3 Å². The van der Waals surface area contributed by atoms with E-state index < -0.39 is 71.2 Å². The van der Waals surface area contributed by atoms with Gasteiger partial charge < -0.3 is 39.1 Å². The minimum Gasteiger partial charge on any atom is -0.462 e. The Kier molecular flexibility index (Phi) is 11.7. The van der Waals surface area contributed by atoms with E-state index in [0.29, 0.717) is 0 Å². The Balaban J connectivity index is 1.72. The van der Waals surface area contributed by atoms with Gasteiger partial charge in [-0.2, -0.15) is 0 Å².